The zero-order valence-corrected chi connectivity index (χ0v) is 32.4. The quantitative estimate of drug-likeness (QED) is 0.0744. The van der Waals surface area contributed by atoms with Crippen LogP contribution in [0.5, 0.6) is 0 Å². The monoisotopic (exact) mass is 651 g/mol. The molecule has 0 unspecified atom stereocenters. The molecule has 0 heterocycles. The lowest BCUT2D eigenvalue weighted by Crippen LogP contribution is -2.51. The van der Waals surface area contributed by atoms with Gasteiger partial charge in [0.2, 0.25) is 0 Å². The Balaban J connectivity index is 1.17. The molecular formula is C45H78O2. The molecule has 2 nitrogen and oxygen atoms in total. The lowest BCUT2D eigenvalue weighted by molar-refractivity contribution is -0.151. The predicted molar refractivity (Wildman–Crippen MR) is 202 cm³/mol. The van der Waals surface area contributed by atoms with Crippen LogP contribution in [0, 0.1) is 52.3 Å². The first-order valence-corrected chi connectivity index (χ1v) is 21.2. The van der Waals surface area contributed by atoms with Gasteiger partial charge in [-0.05, 0) is 110 Å². The number of rotatable bonds is 20. The van der Waals surface area contributed by atoms with E-state index >= 15 is 0 Å². The second-order valence-electron chi connectivity index (χ2n) is 17.9. The van der Waals surface area contributed by atoms with Crippen LogP contribution in [0.1, 0.15) is 196 Å². The summed E-state index contributed by atoms with van der Waals surface area (Å²) in [7, 11) is 0. The maximum atomic E-state index is 12.8. The van der Waals surface area contributed by atoms with Gasteiger partial charge in [-0.25, -0.2) is 0 Å². The molecule has 0 saturated heterocycles. The van der Waals surface area contributed by atoms with Gasteiger partial charge in [0.1, 0.15) is 6.10 Å². The molecule has 0 radical (unpaired) electrons. The Morgan fingerprint density at radius 1 is 0.809 bits per heavy atom. The van der Waals surface area contributed by atoms with Crippen LogP contribution < -0.4 is 0 Å². The van der Waals surface area contributed by atoms with Crippen molar-refractivity contribution in [3.05, 3.63) is 23.8 Å². The number of ether oxygens (including phenoxy) is 1. The molecule has 2 heteroatoms. The number of fused-ring (bicyclic) bond motifs is 5. The molecular weight excluding hydrogens is 572 g/mol. The molecule has 0 aliphatic heterocycles. The first-order valence-electron chi connectivity index (χ1n) is 21.2. The Bertz CT molecular complexity index is 992. The number of allylic oxidation sites excluding steroid dienone is 3. The molecule has 0 N–H and O–H groups in total. The van der Waals surface area contributed by atoms with Crippen LogP contribution in [0.25, 0.3) is 0 Å². The van der Waals surface area contributed by atoms with Gasteiger partial charge >= 0.3 is 5.97 Å². The van der Waals surface area contributed by atoms with Gasteiger partial charge in [-0.1, -0.05) is 149 Å². The van der Waals surface area contributed by atoms with Crippen molar-refractivity contribution in [2.75, 3.05) is 0 Å². The minimum Gasteiger partial charge on any atom is -0.462 e. The summed E-state index contributed by atoms with van der Waals surface area (Å²) in [5.41, 5.74) is 2.45. The van der Waals surface area contributed by atoms with Crippen molar-refractivity contribution < 1.29 is 9.53 Å². The van der Waals surface area contributed by atoms with E-state index in [4.69, 9.17) is 4.74 Å². The van der Waals surface area contributed by atoms with Gasteiger partial charge in [0, 0.05) is 12.8 Å². The van der Waals surface area contributed by atoms with E-state index in [1.54, 1.807) is 5.57 Å². The van der Waals surface area contributed by atoms with Crippen LogP contribution in [0.3, 0.4) is 0 Å². The lowest BCUT2D eigenvalue weighted by atomic mass is 9.47. The molecule has 4 aliphatic carbocycles. The van der Waals surface area contributed by atoms with E-state index in [2.05, 4.69) is 66.7 Å². The van der Waals surface area contributed by atoms with E-state index < -0.39 is 0 Å². The number of unbranched alkanes of at least 4 members (excludes halogenated alkanes) is 12. The number of carbonyl (C=O) groups is 1. The van der Waals surface area contributed by atoms with Gasteiger partial charge in [-0.3, -0.25) is 4.79 Å². The topological polar surface area (TPSA) is 26.3 Å². The standard InChI is InChI=1S/C45H78O2/c1-8-10-11-12-13-14-15-16-17-18-19-20-21-22-43(46)47-38-29-31-44(6)37(33-38)25-26-39-41-28-27-40(45(41,7)32-30-42(39)44)35(5)23-24-36(9-2)34(3)4/h23-25,34-36,38-42H,8-22,26-33H2,1-7H3/b24-23-/t35-,36+,38+,39+,40-,41-,42+,44+,45-/m1/s1. The van der Waals surface area contributed by atoms with Crippen LogP contribution in [0.15, 0.2) is 23.8 Å². The maximum absolute atomic E-state index is 12.8. The molecule has 0 amide bonds. The minimum absolute atomic E-state index is 0.0585. The highest BCUT2D eigenvalue weighted by molar-refractivity contribution is 5.69. The average molecular weight is 651 g/mol. The Labute approximate surface area is 293 Å². The zero-order valence-electron chi connectivity index (χ0n) is 32.4. The first-order chi connectivity index (χ1) is 22.6. The predicted octanol–water partition coefficient (Wildman–Crippen LogP) is 13.8. The van der Waals surface area contributed by atoms with Gasteiger partial charge in [0.15, 0.2) is 0 Å². The Kier molecular flexibility index (Phi) is 15.5. The molecule has 3 saturated carbocycles. The molecule has 47 heavy (non-hydrogen) atoms. The molecule has 3 fully saturated rings. The van der Waals surface area contributed by atoms with Gasteiger partial charge in [0.25, 0.3) is 0 Å². The van der Waals surface area contributed by atoms with Crippen molar-refractivity contribution in [1.29, 1.82) is 0 Å². The highest BCUT2D eigenvalue weighted by Gasteiger charge is 2.59. The summed E-state index contributed by atoms with van der Waals surface area (Å²) < 4.78 is 6.13. The molecule has 0 aromatic heterocycles. The highest BCUT2D eigenvalue weighted by atomic mass is 16.5. The van der Waals surface area contributed by atoms with E-state index in [0.717, 1.165) is 48.9 Å². The van der Waals surface area contributed by atoms with Crippen molar-refractivity contribution in [3.8, 4) is 0 Å². The minimum atomic E-state index is 0.0585. The van der Waals surface area contributed by atoms with E-state index in [1.165, 1.54) is 122 Å². The lowest BCUT2D eigenvalue weighted by Gasteiger charge is -2.58. The summed E-state index contributed by atoms with van der Waals surface area (Å²) >= 11 is 0. The molecule has 270 valence electrons. The Hall–Kier alpha value is -1.05. The van der Waals surface area contributed by atoms with Crippen molar-refractivity contribution in [2.45, 2.75) is 202 Å². The summed E-state index contributed by atoms with van der Waals surface area (Å²) in [5, 5.41) is 0. The van der Waals surface area contributed by atoms with Crippen LogP contribution in [0.2, 0.25) is 0 Å². The third kappa shape index (κ3) is 10.0. The smallest absolute Gasteiger partial charge is 0.306 e. The number of hydrogen-bond acceptors (Lipinski definition) is 2. The van der Waals surface area contributed by atoms with Crippen LogP contribution in [0.4, 0.5) is 0 Å². The van der Waals surface area contributed by atoms with Gasteiger partial charge in [0.05, 0.1) is 0 Å². The van der Waals surface area contributed by atoms with Crippen molar-refractivity contribution in [3.63, 3.8) is 0 Å². The van der Waals surface area contributed by atoms with Crippen LogP contribution in [-0.4, -0.2) is 12.1 Å². The van der Waals surface area contributed by atoms with Crippen molar-refractivity contribution in [2.24, 2.45) is 52.3 Å². The van der Waals surface area contributed by atoms with Crippen LogP contribution >= 0.6 is 0 Å². The molecule has 4 aliphatic rings. The molecule has 9 atom stereocenters. The molecule has 4 rings (SSSR count). The average Bonchev–Trinajstić information content (AvgIpc) is 3.41. The van der Waals surface area contributed by atoms with Gasteiger partial charge in [-0.2, -0.15) is 0 Å². The summed E-state index contributed by atoms with van der Waals surface area (Å²) in [6.07, 6.45) is 37.4. The zero-order chi connectivity index (χ0) is 33.9. The van der Waals surface area contributed by atoms with E-state index in [9.17, 15) is 4.79 Å². The summed E-state index contributed by atoms with van der Waals surface area (Å²) in [4.78, 5) is 12.8. The van der Waals surface area contributed by atoms with Gasteiger partial charge < -0.3 is 4.74 Å². The van der Waals surface area contributed by atoms with Gasteiger partial charge in [-0.15, -0.1) is 0 Å². The third-order valence-corrected chi connectivity index (χ3v) is 14.5. The number of esters is 1. The molecule has 0 spiro atoms. The second kappa shape index (κ2) is 18.8. The number of carbonyl (C=O) groups excluding carboxylic acids is 1. The summed E-state index contributed by atoms with van der Waals surface area (Å²) in [5.74, 6) is 5.56. The van der Waals surface area contributed by atoms with Crippen molar-refractivity contribution >= 4 is 5.97 Å². The SMILES string of the molecule is CCCCCCCCCCCCCCCC(=O)O[C@H]1CC[C@@]2(C)C(=CC[C@H]3[C@H]4CC[C@H]([C@H](C)/C=C\[C@H](CC)C(C)C)[C@@]4(C)CC[C@@H]32)C1. The molecule has 0 aromatic carbocycles. The van der Waals surface area contributed by atoms with Crippen molar-refractivity contribution in [1.82, 2.24) is 0 Å². The summed E-state index contributed by atoms with van der Waals surface area (Å²) in [6.45, 7) is 17.2. The van der Waals surface area contributed by atoms with E-state index in [0.29, 0.717) is 29.1 Å². The fourth-order valence-electron chi connectivity index (χ4n) is 11.4. The third-order valence-electron chi connectivity index (χ3n) is 14.5. The summed E-state index contributed by atoms with van der Waals surface area (Å²) in [6, 6.07) is 0. The Morgan fingerprint density at radius 2 is 1.45 bits per heavy atom. The maximum Gasteiger partial charge on any atom is 0.306 e. The first kappa shape index (κ1) is 38.7. The Morgan fingerprint density at radius 3 is 2.06 bits per heavy atom. The number of hydrogen-bond donors (Lipinski definition) is 0. The fourth-order valence-corrected chi connectivity index (χ4v) is 11.4. The largest absolute Gasteiger partial charge is 0.462 e. The van der Waals surface area contributed by atoms with E-state index in [-0.39, 0.29) is 12.1 Å². The normalized spacial score (nSPS) is 33.3. The second-order valence-corrected chi connectivity index (χ2v) is 17.9. The molecule has 0 aromatic rings. The fraction of sp³-hybridized carbons (Fsp3) is 0.889. The van der Waals surface area contributed by atoms with Crippen LogP contribution in [-0.2, 0) is 9.53 Å². The highest BCUT2D eigenvalue weighted by Crippen LogP contribution is 2.67. The van der Waals surface area contributed by atoms with E-state index in [1.807, 2.05) is 0 Å². The molecule has 0 bridgehead atoms.